The molecular formula is C19H15F3N2O2. The average molecular weight is 360 g/mol. The zero-order valence-corrected chi connectivity index (χ0v) is 13.8. The second-order valence-electron chi connectivity index (χ2n) is 5.68. The van der Waals surface area contributed by atoms with Gasteiger partial charge in [-0.3, -0.25) is 9.48 Å². The van der Waals surface area contributed by atoms with Crippen LogP contribution in [-0.2, 0) is 12.7 Å². The Hall–Kier alpha value is -3.09. The summed E-state index contributed by atoms with van der Waals surface area (Å²) in [5.41, 5.74) is 1.28. The average Bonchev–Trinajstić information content (AvgIpc) is 3.04. The molecular weight excluding hydrogens is 345 g/mol. The third kappa shape index (κ3) is 3.77. The highest BCUT2D eigenvalue weighted by atomic mass is 19.4. The lowest BCUT2D eigenvalue weighted by atomic mass is 10.1. The van der Waals surface area contributed by atoms with Gasteiger partial charge in [0, 0.05) is 11.8 Å². The van der Waals surface area contributed by atoms with Crippen LogP contribution in [0.15, 0.2) is 54.7 Å². The molecule has 7 heteroatoms. The molecule has 26 heavy (non-hydrogen) atoms. The molecule has 0 saturated heterocycles. The number of methoxy groups -OCH3 is 1. The van der Waals surface area contributed by atoms with E-state index in [2.05, 4.69) is 5.10 Å². The highest BCUT2D eigenvalue weighted by Crippen LogP contribution is 2.31. The largest absolute Gasteiger partial charge is 0.497 e. The van der Waals surface area contributed by atoms with Crippen molar-refractivity contribution in [1.82, 2.24) is 9.78 Å². The molecule has 4 nitrogen and oxygen atoms in total. The fraction of sp³-hybridized carbons (Fsp3) is 0.158. The number of nitrogens with zero attached hydrogens (tertiary/aromatic N) is 2. The van der Waals surface area contributed by atoms with Crippen LogP contribution in [0.5, 0.6) is 5.75 Å². The Labute approximate surface area is 147 Å². The van der Waals surface area contributed by atoms with Crippen LogP contribution in [0.4, 0.5) is 13.2 Å². The molecule has 1 aromatic heterocycles. The summed E-state index contributed by atoms with van der Waals surface area (Å²) in [6, 6.07) is 12.0. The second-order valence-corrected chi connectivity index (χ2v) is 5.68. The minimum Gasteiger partial charge on any atom is -0.497 e. The summed E-state index contributed by atoms with van der Waals surface area (Å²) in [6.07, 6.45) is -2.20. The number of alkyl halides is 3. The molecule has 0 fully saturated rings. The van der Waals surface area contributed by atoms with Crippen LogP contribution < -0.4 is 4.74 Å². The normalized spacial score (nSPS) is 11.4. The van der Waals surface area contributed by atoms with Crippen molar-refractivity contribution in [3.63, 3.8) is 0 Å². The Morgan fingerprint density at radius 3 is 2.50 bits per heavy atom. The highest BCUT2D eigenvalue weighted by Gasteiger charge is 2.30. The van der Waals surface area contributed by atoms with Gasteiger partial charge in [0.15, 0.2) is 6.29 Å². The van der Waals surface area contributed by atoms with Gasteiger partial charge in [-0.1, -0.05) is 24.3 Å². The molecule has 0 aliphatic rings. The Bertz CT molecular complexity index is 915. The highest BCUT2D eigenvalue weighted by molar-refractivity contribution is 5.85. The van der Waals surface area contributed by atoms with Gasteiger partial charge < -0.3 is 4.74 Å². The van der Waals surface area contributed by atoms with Gasteiger partial charge in [0.2, 0.25) is 0 Å². The first-order valence-corrected chi connectivity index (χ1v) is 7.74. The lowest BCUT2D eigenvalue weighted by Crippen LogP contribution is -2.04. The topological polar surface area (TPSA) is 44.1 Å². The molecule has 3 rings (SSSR count). The van der Waals surface area contributed by atoms with Crippen molar-refractivity contribution in [3.05, 3.63) is 71.4 Å². The van der Waals surface area contributed by atoms with Crippen molar-refractivity contribution in [2.24, 2.45) is 0 Å². The first kappa shape index (κ1) is 17.7. The predicted octanol–water partition coefficient (Wildman–Crippen LogP) is 4.44. The van der Waals surface area contributed by atoms with Crippen molar-refractivity contribution >= 4 is 6.29 Å². The standard InChI is InChI=1S/C19H15F3N2O2/c1-26-17-4-2-3-13(9-17)10-24-11-15(12-25)18(23-24)14-5-7-16(8-6-14)19(20,21)22/h2-9,11-12H,10H2,1H3. The van der Waals surface area contributed by atoms with Crippen LogP contribution in [0.25, 0.3) is 11.3 Å². The number of benzene rings is 2. The molecule has 0 unspecified atom stereocenters. The molecule has 0 aliphatic carbocycles. The number of ether oxygens (including phenoxy) is 1. The maximum Gasteiger partial charge on any atom is 0.416 e. The number of halogens is 3. The number of rotatable bonds is 5. The minimum absolute atomic E-state index is 0.313. The number of hydrogen-bond donors (Lipinski definition) is 0. The van der Waals surface area contributed by atoms with E-state index in [-0.39, 0.29) is 0 Å². The van der Waals surface area contributed by atoms with Crippen molar-refractivity contribution in [3.8, 4) is 17.0 Å². The molecule has 0 N–H and O–H groups in total. The summed E-state index contributed by atoms with van der Waals surface area (Å²) < 4.78 is 44.8. The first-order chi connectivity index (χ1) is 12.4. The summed E-state index contributed by atoms with van der Waals surface area (Å²) in [5.74, 6) is 0.702. The number of carbonyl (C=O) groups is 1. The van der Waals surface area contributed by atoms with E-state index in [1.165, 1.54) is 12.1 Å². The summed E-state index contributed by atoms with van der Waals surface area (Å²) in [7, 11) is 1.57. The molecule has 1 heterocycles. The van der Waals surface area contributed by atoms with E-state index < -0.39 is 11.7 Å². The molecule has 2 aromatic carbocycles. The van der Waals surface area contributed by atoms with Gasteiger partial charge >= 0.3 is 6.18 Å². The molecule has 3 aromatic rings. The molecule has 0 saturated carbocycles. The molecule has 0 radical (unpaired) electrons. The third-order valence-electron chi connectivity index (χ3n) is 3.88. The van der Waals surface area contributed by atoms with Crippen LogP contribution >= 0.6 is 0 Å². The van der Waals surface area contributed by atoms with E-state index >= 15 is 0 Å². The summed E-state index contributed by atoms with van der Waals surface area (Å²) >= 11 is 0. The number of carbonyl (C=O) groups excluding carboxylic acids is 1. The lowest BCUT2D eigenvalue weighted by Gasteiger charge is -2.07. The van der Waals surface area contributed by atoms with Gasteiger partial charge in [-0.2, -0.15) is 18.3 Å². The fourth-order valence-corrected chi connectivity index (χ4v) is 2.60. The van der Waals surface area contributed by atoms with Gasteiger partial charge in [-0.25, -0.2) is 0 Å². The Kier molecular flexibility index (Phi) is 4.79. The van der Waals surface area contributed by atoms with Gasteiger partial charge in [0.05, 0.1) is 24.8 Å². The maximum atomic E-state index is 12.7. The van der Waals surface area contributed by atoms with Crippen molar-refractivity contribution in [2.45, 2.75) is 12.7 Å². The second kappa shape index (κ2) is 7.03. The van der Waals surface area contributed by atoms with E-state index in [0.717, 1.165) is 17.7 Å². The molecule has 0 atom stereocenters. The van der Waals surface area contributed by atoms with Crippen molar-refractivity contribution < 1.29 is 22.7 Å². The number of aromatic nitrogens is 2. The van der Waals surface area contributed by atoms with Gasteiger partial charge in [-0.15, -0.1) is 0 Å². The van der Waals surface area contributed by atoms with Crippen molar-refractivity contribution in [1.29, 1.82) is 0 Å². The molecule has 0 bridgehead atoms. The quantitative estimate of drug-likeness (QED) is 0.632. The van der Waals surface area contributed by atoms with E-state index in [4.69, 9.17) is 4.74 Å². The van der Waals surface area contributed by atoms with E-state index in [1.54, 1.807) is 18.0 Å². The van der Waals surface area contributed by atoms with Crippen LogP contribution in [0.3, 0.4) is 0 Å². The minimum atomic E-state index is -4.41. The van der Waals surface area contributed by atoms with Crippen LogP contribution in [-0.4, -0.2) is 23.2 Å². The van der Waals surface area contributed by atoms with E-state index in [0.29, 0.717) is 35.4 Å². The maximum absolute atomic E-state index is 12.7. The number of aldehydes is 1. The molecule has 0 spiro atoms. The first-order valence-electron chi connectivity index (χ1n) is 7.74. The van der Waals surface area contributed by atoms with Gasteiger partial charge in [0.1, 0.15) is 11.4 Å². The third-order valence-corrected chi connectivity index (χ3v) is 3.88. The van der Waals surface area contributed by atoms with Gasteiger partial charge in [-0.05, 0) is 29.8 Å². The zero-order chi connectivity index (χ0) is 18.7. The summed E-state index contributed by atoms with van der Waals surface area (Å²) in [4.78, 5) is 11.3. The summed E-state index contributed by atoms with van der Waals surface area (Å²) in [5, 5.41) is 4.36. The molecule has 0 aliphatic heterocycles. The van der Waals surface area contributed by atoms with Crippen molar-refractivity contribution in [2.75, 3.05) is 7.11 Å². The van der Waals surface area contributed by atoms with E-state index in [1.807, 2.05) is 24.3 Å². The predicted molar refractivity (Wildman–Crippen MR) is 90.1 cm³/mol. The smallest absolute Gasteiger partial charge is 0.416 e. The van der Waals surface area contributed by atoms with Crippen LogP contribution in [0, 0.1) is 0 Å². The molecule has 134 valence electrons. The zero-order valence-electron chi connectivity index (χ0n) is 13.8. The SMILES string of the molecule is COc1cccc(Cn2cc(C=O)c(-c3ccc(C(F)(F)F)cc3)n2)c1. The summed E-state index contributed by atoms with van der Waals surface area (Å²) in [6.45, 7) is 0.401. The monoisotopic (exact) mass is 360 g/mol. The Balaban J connectivity index is 1.90. The lowest BCUT2D eigenvalue weighted by molar-refractivity contribution is -0.137. The van der Waals surface area contributed by atoms with E-state index in [9.17, 15) is 18.0 Å². The molecule has 0 amide bonds. The van der Waals surface area contributed by atoms with Crippen LogP contribution in [0.1, 0.15) is 21.5 Å². The fourth-order valence-electron chi connectivity index (χ4n) is 2.60. The van der Waals surface area contributed by atoms with Gasteiger partial charge in [0.25, 0.3) is 0 Å². The van der Waals surface area contributed by atoms with Crippen LogP contribution in [0.2, 0.25) is 0 Å². The Morgan fingerprint density at radius 2 is 1.88 bits per heavy atom. The Morgan fingerprint density at radius 1 is 1.15 bits per heavy atom. The number of hydrogen-bond acceptors (Lipinski definition) is 3.